The number of rotatable bonds is 2. The second kappa shape index (κ2) is 6.42. The third-order valence-electron chi connectivity index (χ3n) is 3.38. The summed E-state index contributed by atoms with van der Waals surface area (Å²) in [6, 6.07) is 0.0700. The highest BCUT2D eigenvalue weighted by molar-refractivity contribution is 5.85. The molecule has 94 valence electrons. The predicted octanol–water partition coefficient (Wildman–Crippen LogP) is 0.798. The fraction of sp³-hybridized carbons (Fsp3) is 0.909. The largest absolute Gasteiger partial charge is 0.380 e. The maximum atomic E-state index is 12.1. The van der Waals surface area contributed by atoms with Gasteiger partial charge in [0.2, 0.25) is 5.91 Å². The van der Waals surface area contributed by atoms with E-state index in [1.807, 2.05) is 4.90 Å². The van der Waals surface area contributed by atoms with Crippen molar-refractivity contribution in [1.29, 1.82) is 0 Å². The number of hydrogen-bond donors (Lipinski definition) is 1. The van der Waals surface area contributed by atoms with Crippen LogP contribution < -0.4 is 5.32 Å². The van der Waals surface area contributed by atoms with Crippen LogP contribution in [0, 0.1) is 0 Å². The first-order valence-electron chi connectivity index (χ1n) is 5.86. The number of carbonyl (C=O) groups excluding carboxylic acids is 1. The summed E-state index contributed by atoms with van der Waals surface area (Å²) in [6.07, 6.45) is 4.50. The average Bonchev–Trinajstić information content (AvgIpc) is 2.81. The highest BCUT2D eigenvalue weighted by Gasteiger charge is 2.30. The molecule has 0 aromatic rings. The van der Waals surface area contributed by atoms with Gasteiger partial charge in [-0.15, -0.1) is 12.4 Å². The van der Waals surface area contributed by atoms with Gasteiger partial charge in [0.25, 0.3) is 0 Å². The van der Waals surface area contributed by atoms with Crippen LogP contribution >= 0.6 is 12.4 Å². The molecule has 5 heteroatoms. The fourth-order valence-corrected chi connectivity index (χ4v) is 2.45. The predicted molar refractivity (Wildman–Crippen MR) is 64.9 cm³/mol. The number of nitrogens with zero attached hydrogens (tertiary/aromatic N) is 1. The number of nitrogens with one attached hydrogen (secondary N) is 1. The van der Waals surface area contributed by atoms with Gasteiger partial charge in [-0.1, -0.05) is 0 Å². The quantitative estimate of drug-likeness (QED) is 0.786. The molecule has 2 aliphatic heterocycles. The smallest absolute Gasteiger partial charge is 0.239 e. The lowest BCUT2D eigenvalue weighted by atomic mass is 10.1. The summed E-state index contributed by atoms with van der Waals surface area (Å²) >= 11 is 0. The molecule has 0 aromatic carbocycles. The summed E-state index contributed by atoms with van der Waals surface area (Å²) in [5.74, 6) is 0.272. The van der Waals surface area contributed by atoms with Crippen LogP contribution in [0.2, 0.25) is 0 Å². The van der Waals surface area contributed by atoms with Crippen molar-refractivity contribution >= 4 is 18.3 Å². The average molecular weight is 249 g/mol. The molecule has 0 saturated carbocycles. The van der Waals surface area contributed by atoms with Gasteiger partial charge in [-0.2, -0.15) is 0 Å². The van der Waals surface area contributed by atoms with Crippen LogP contribution in [-0.4, -0.2) is 49.7 Å². The van der Waals surface area contributed by atoms with Crippen LogP contribution in [0.25, 0.3) is 0 Å². The van der Waals surface area contributed by atoms with Crippen LogP contribution in [0.5, 0.6) is 0 Å². The molecule has 16 heavy (non-hydrogen) atoms. The minimum atomic E-state index is 0. The third-order valence-corrected chi connectivity index (χ3v) is 3.38. The van der Waals surface area contributed by atoms with Gasteiger partial charge in [-0.3, -0.25) is 4.79 Å². The van der Waals surface area contributed by atoms with Crippen molar-refractivity contribution in [1.82, 2.24) is 10.2 Å². The zero-order valence-electron chi connectivity index (χ0n) is 9.78. The Balaban J connectivity index is 0.00000128. The molecule has 0 aliphatic carbocycles. The lowest BCUT2D eigenvalue weighted by Crippen LogP contribution is -2.49. The first-order chi connectivity index (χ1) is 7.31. The Morgan fingerprint density at radius 1 is 1.38 bits per heavy atom. The standard InChI is InChI=1S/C11H20N2O2.ClH/c1-15-9-4-3-7-13(8-9)11(14)10-5-2-6-12-10;/h9-10,12H,2-8H2,1H3;1H/t9?,10-;/m0./s1. The van der Waals surface area contributed by atoms with Gasteiger partial charge in [0.05, 0.1) is 12.1 Å². The zero-order valence-corrected chi connectivity index (χ0v) is 10.6. The Morgan fingerprint density at radius 2 is 2.19 bits per heavy atom. The molecule has 4 nitrogen and oxygen atoms in total. The molecule has 1 amide bonds. The first-order valence-corrected chi connectivity index (χ1v) is 5.86. The lowest BCUT2D eigenvalue weighted by molar-refractivity contribution is -0.136. The van der Waals surface area contributed by atoms with E-state index in [4.69, 9.17) is 4.74 Å². The van der Waals surface area contributed by atoms with Gasteiger partial charge in [-0.25, -0.2) is 0 Å². The summed E-state index contributed by atoms with van der Waals surface area (Å²) in [7, 11) is 1.73. The van der Waals surface area contributed by atoms with Crippen molar-refractivity contribution in [2.24, 2.45) is 0 Å². The minimum absolute atomic E-state index is 0. The summed E-state index contributed by atoms with van der Waals surface area (Å²) in [4.78, 5) is 14.0. The summed E-state index contributed by atoms with van der Waals surface area (Å²) in [5, 5.41) is 3.25. The van der Waals surface area contributed by atoms with E-state index in [1.165, 1.54) is 0 Å². The molecule has 0 aromatic heterocycles. The molecule has 0 spiro atoms. The van der Waals surface area contributed by atoms with Crippen molar-refractivity contribution in [3.05, 3.63) is 0 Å². The number of likely N-dealkylation sites (tertiary alicyclic amines) is 1. The fourth-order valence-electron chi connectivity index (χ4n) is 2.45. The zero-order chi connectivity index (χ0) is 10.7. The maximum Gasteiger partial charge on any atom is 0.239 e. The van der Waals surface area contributed by atoms with Crippen molar-refractivity contribution in [2.45, 2.75) is 37.8 Å². The molecule has 2 heterocycles. The van der Waals surface area contributed by atoms with E-state index in [1.54, 1.807) is 7.11 Å². The number of carbonyl (C=O) groups is 1. The number of amides is 1. The van der Waals surface area contributed by atoms with E-state index >= 15 is 0 Å². The van der Waals surface area contributed by atoms with Gasteiger partial charge in [0.15, 0.2) is 0 Å². The van der Waals surface area contributed by atoms with E-state index in [0.717, 1.165) is 45.3 Å². The van der Waals surface area contributed by atoms with Crippen LogP contribution in [0.4, 0.5) is 0 Å². The number of halogens is 1. The molecule has 2 atom stereocenters. The van der Waals surface area contributed by atoms with E-state index in [9.17, 15) is 4.79 Å². The molecule has 0 radical (unpaired) electrons. The third kappa shape index (κ3) is 3.09. The molecule has 1 N–H and O–H groups in total. The van der Waals surface area contributed by atoms with E-state index in [2.05, 4.69) is 5.32 Å². The second-order valence-electron chi connectivity index (χ2n) is 4.43. The Morgan fingerprint density at radius 3 is 2.81 bits per heavy atom. The van der Waals surface area contributed by atoms with Crippen LogP contribution in [-0.2, 0) is 9.53 Å². The SMILES string of the molecule is COC1CCCN(C(=O)[C@@H]2CCCN2)C1.Cl. The molecule has 2 fully saturated rings. The van der Waals surface area contributed by atoms with Gasteiger partial charge >= 0.3 is 0 Å². The summed E-state index contributed by atoms with van der Waals surface area (Å²) in [6.45, 7) is 2.66. The van der Waals surface area contributed by atoms with Crippen molar-refractivity contribution in [3.63, 3.8) is 0 Å². The number of ether oxygens (including phenoxy) is 1. The molecule has 2 aliphatic rings. The number of hydrogen-bond acceptors (Lipinski definition) is 3. The molecule has 0 bridgehead atoms. The van der Waals surface area contributed by atoms with Crippen molar-refractivity contribution in [3.8, 4) is 0 Å². The molecular weight excluding hydrogens is 228 g/mol. The van der Waals surface area contributed by atoms with E-state index in [-0.39, 0.29) is 30.5 Å². The number of methoxy groups -OCH3 is 1. The highest BCUT2D eigenvalue weighted by atomic mass is 35.5. The molecule has 1 unspecified atom stereocenters. The van der Waals surface area contributed by atoms with Crippen molar-refractivity contribution in [2.75, 3.05) is 26.7 Å². The molecular formula is C11H21ClN2O2. The lowest BCUT2D eigenvalue weighted by Gasteiger charge is -2.33. The number of piperidine rings is 1. The molecule has 2 rings (SSSR count). The van der Waals surface area contributed by atoms with Crippen LogP contribution in [0.3, 0.4) is 0 Å². The monoisotopic (exact) mass is 248 g/mol. The van der Waals surface area contributed by atoms with Gasteiger partial charge < -0.3 is 15.0 Å². The van der Waals surface area contributed by atoms with E-state index in [0.29, 0.717) is 0 Å². The topological polar surface area (TPSA) is 41.6 Å². The van der Waals surface area contributed by atoms with Gasteiger partial charge in [-0.05, 0) is 32.2 Å². The minimum Gasteiger partial charge on any atom is -0.380 e. The summed E-state index contributed by atoms with van der Waals surface area (Å²) < 4.78 is 5.32. The Kier molecular flexibility index (Phi) is 5.52. The van der Waals surface area contributed by atoms with Gasteiger partial charge in [0, 0.05) is 20.2 Å². The van der Waals surface area contributed by atoms with Crippen LogP contribution in [0.15, 0.2) is 0 Å². The maximum absolute atomic E-state index is 12.1. The molecule has 2 saturated heterocycles. The van der Waals surface area contributed by atoms with Gasteiger partial charge in [0.1, 0.15) is 0 Å². The van der Waals surface area contributed by atoms with Crippen molar-refractivity contribution < 1.29 is 9.53 Å². The normalized spacial score (nSPS) is 29.9. The Bertz CT molecular complexity index is 232. The Labute approximate surface area is 103 Å². The Hall–Kier alpha value is -0.320. The van der Waals surface area contributed by atoms with E-state index < -0.39 is 0 Å². The van der Waals surface area contributed by atoms with Crippen LogP contribution in [0.1, 0.15) is 25.7 Å². The summed E-state index contributed by atoms with van der Waals surface area (Å²) in [5.41, 5.74) is 0. The first kappa shape index (κ1) is 13.7. The second-order valence-corrected chi connectivity index (χ2v) is 4.43. The highest BCUT2D eigenvalue weighted by Crippen LogP contribution is 2.16.